The number of carbonyl (C=O) groups is 1. The minimum atomic E-state index is 0.0252. The number of hydrogen-bond acceptors (Lipinski definition) is 4. The summed E-state index contributed by atoms with van der Waals surface area (Å²) in [6.07, 6.45) is 0. The van der Waals surface area contributed by atoms with E-state index in [1.54, 1.807) is 30.3 Å². The third kappa shape index (κ3) is 5.70. The molecule has 0 radical (unpaired) electrons. The lowest BCUT2D eigenvalue weighted by molar-refractivity contribution is -0.127. The maximum Gasteiger partial charge on any atom is 0.243 e. The molecule has 1 unspecified atom stereocenters. The van der Waals surface area contributed by atoms with Crippen molar-refractivity contribution in [1.29, 1.82) is 0 Å². The molecule has 0 aromatic carbocycles. The van der Waals surface area contributed by atoms with Crippen LogP contribution >= 0.6 is 23.1 Å². The van der Waals surface area contributed by atoms with E-state index in [1.165, 1.54) is 4.88 Å². The standard InChI is InChI=1S/C17H28N4OS2/c1-13(2)15-12-21(7-9-24-15)17(19-11-16(22)20(3)4)18-10-14-6-5-8-23-14/h5-6,8,13,15H,7,9-12H2,1-4H3,(H,18,19). The normalized spacial score (nSPS) is 18.8. The number of thioether (sulfide) groups is 1. The van der Waals surface area contributed by atoms with Crippen molar-refractivity contribution in [2.75, 3.05) is 39.5 Å². The molecule has 2 rings (SSSR count). The summed E-state index contributed by atoms with van der Waals surface area (Å²) in [5, 5.41) is 6.14. The Morgan fingerprint density at radius 1 is 1.50 bits per heavy atom. The molecule has 0 spiro atoms. The molecule has 0 bridgehead atoms. The van der Waals surface area contributed by atoms with E-state index in [0.717, 1.165) is 31.3 Å². The van der Waals surface area contributed by atoms with Gasteiger partial charge in [-0.3, -0.25) is 4.79 Å². The Hall–Kier alpha value is -1.21. The second-order valence-corrected chi connectivity index (χ2v) is 8.84. The fourth-order valence-electron chi connectivity index (χ4n) is 2.40. The average molecular weight is 369 g/mol. The molecule has 1 aliphatic heterocycles. The predicted octanol–water partition coefficient (Wildman–Crippen LogP) is 2.36. The first kappa shape index (κ1) is 19.1. The number of nitrogens with one attached hydrogen (secondary N) is 1. The Bertz CT molecular complexity index is 543. The van der Waals surface area contributed by atoms with Gasteiger partial charge in [0.25, 0.3) is 0 Å². The smallest absolute Gasteiger partial charge is 0.243 e. The van der Waals surface area contributed by atoms with E-state index in [4.69, 9.17) is 0 Å². The van der Waals surface area contributed by atoms with E-state index in [1.807, 2.05) is 11.8 Å². The van der Waals surface area contributed by atoms with Gasteiger partial charge in [-0.1, -0.05) is 19.9 Å². The Balaban J connectivity index is 2.05. The zero-order chi connectivity index (χ0) is 17.5. The zero-order valence-corrected chi connectivity index (χ0v) is 16.6. The fraction of sp³-hybridized carbons (Fsp3) is 0.647. The van der Waals surface area contributed by atoms with Crippen LogP contribution in [-0.4, -0.2) is 66.4 Å². The predicted molar refractivity (Wildman–Crippen MR) is 105 cm³/mol. The zero-order valence-electron chi connectivity index (χ0n) is 15.0. The van der Waals surface area contributed by atoms with Crippen molar-refractivity contribution in [1.82, 2.24) is 15.1 Å². The highest BCUT2D eigenvalue weighted by atomic mass is 32.2. The SMILES string of the molecule is CC(C)C1CN(C(=NCC(=O)N(C)C)NCc2cccs2)CCS1. The van der Waals surface area contributed by atoms with Gasteiger partial charge >= 0.3 is 0 Å². The monoisotopic (exact) mass is 368 g/mol. The molecule has 7 heteroatoms. The van der Waals surface area contributed by atoms with Crippen LogP contribution in [0.25, 0.3) is 0 Å². The van der Waals surface area contributed by atoms with Gasteiger partial charge in [-0.15, -0.1) is 11.3 Å². The second-order valence-electron chi connectivity index (χ2n) is 6.46. The molecule has 1 fully saturated rings. The van der Waals surface area contributed by atoms with Gasteiger partial charge in [-0.25, -0.2) is 4.99 Å². The van der Waals surface area contributed by atoms with Gasteiger partial charge in [0.15, 0.2) is 5.96 Å². The molecule has 1 aliphatic rings. The average Bonchev–Trinajstić information content (AvgIpc) is 3.08. The minimum absolute atomic E-state index is 0.0252. The third-order valence-corrected chi connectivity index (χ3v) is 6.42. The summed E-state index contributed by atoms with van der Waals surface area (Å²) in [4.78, 5) is 21.7. The summed E-state index contributed by atoms with van der Waals surface area (Å²) in [7, 11) is 3.53. The topological polar surface area (TPSA) is 47.9 Å². The first-order valence-electron chi connectivity index (χ1n) is 8.34. The molecule has 134 valence electrons. The largest absolute Gasteiger partial charge is 0.351 e. The van der Waals surface area contributed by atoms with E-state index >= 15 is 0 Å². The van der Waals surface area contributed by atoms with Crippen molar-refractivity contribution >= 4 is 35.0 Å². The minimum Gasteiger partial charge on any atom is -0.351 e. The molecule has 5 nitrogen and oxygen atoms in total. The van der Waals surface area contributed by atoms with Crippen molar-refractivity contribution in [3.8, 4) is 0 Å². The van der Waals surface area contributed by atoms with Crippen LogP contribution in [0.1, 0.15) is 18.7 Å². The lowest BCUT2D eigenvalue weighted by atomic mass is 10.1. The molecule has 1 aromatic heterocycles. The van der Waals surface area contributed by atoms with Crippen LogP contribution < -0.4 is 5.32 Å². The van der Waals surface area contributed by atoms with Gasteiger partial charge in [-0.05, 0) is 17.4 Å². The number of aliphatic imine (C=N–C) groups is 1. The number of hydrogen-bond donors (Lipinski definition) is 1. The highest BCUT2D eigenvalue weighted by Crippen LogP contribution is 2.25. The van der Waals surface area contributed by atoms with Crippen molar-refractivity contribution in [3.05, 3.63) is 22.4 Å². The van der Waals surface area contributed by atoms with E-state index < -0.39 is 0 Å². The van der Waals surface area contributed by atoms with Crippen molar-refractivity contribution in [3.63, 3.8) is 0 Å². The molecule has 1 aromatic rings. The van der Waals surface area contributed by atoms with Crippen molar-refractivity contribution < 1.29 is 4.79 Å². The fourth-order valence-corrected chi connectivity index (χ4v) is 4.35. The molecular weight excluding hydrogens is 340 g/mol. The van der Waals surface area contributed by atoms with Gasteiger partial charge in [0.2, 0.25) is 5.91 Å². The highest BCUT2D eigenvalue weighted by Gasteiger charge is 2.25. The van der Waals surface area contributed by atoms with E-state index in [-0.39, 0.29) is 12.5 Å². The summed E-state index contributed by atoms with van der Waals surface area (Å²) in [5.41, 5.74) is 0. The molecule has 0 saturated carbocycles. The Labute approximate surface area is 153 Å². The molecule has 1 saturated heterocycles. The highest BCUT2D eigenvalue weighted by molar-refractivity contribution is 8.00. The van der Waals surface area contributed by atoms with Crippen LogP contribution in [0.5, 0.6) is 0 Å². The van der Waals surface area contributed by atoms with Crippen LogP contribution in [0, 0.1) is 5.92 Å². The third-order valence-electron chi connectivity index (χ3n) is 4.00. The van der Waals surface area contributed by atoms with Crippen LogP contribution in [0.4, 0.5) is 0 Å². The van der Waals surface area contributed by atoms with Gasteiger partial charge in [0, 0.05) is 43.1 Å². The summed E-state index contributed by atoms with van der Waals surface area (Å²) >= 11 is 3.77. The van der Waals surface area contributed by atoms with Gasteiger partial charge in [-0.2, -0.15) is 11.8 Å². The van der Waals surface area contributed by atoms with Crippen molar-refractivity contribution in [2.45, 2.75) is 25.6 Å². The van der Waals surface area contributed by atoms with E-state index in [0.29, 0.717) is 11.2 Å². The number of amides is 1. The molecule has 2 heterocycles. The first-order chi connectivity index (χ1) is 11.5. The van der Waals surface area contributed by atoms with Crippen molar-refractivity contribution in [2.24, 2.45) is 10.9 Å². The van der Waals surface area contributed by atoms with Gasteiger partial charge in [0.1, 0.15) is 6.54 Å². The van der Waals surface area contributed by atoms with E-state index in [2.05, 4.69) is 46.6 Å². The maximum atomic E-state index is 11.9. The van der Waals surface area contributed by atoms with E-state index in [9.17, 15) is 4.79 Å². The molecule has 0 aliphatic carbocycles. The van der Waals surface area contributed by atoms with Crippen LogP contribution in [-0.2, 0) is 11.3 Å². The maximum absolute atomic E-state index is 11.9. The Morgan fingerprint density at radius 2 is 2.29 bits per heavy atom. The van der Waals surface area contributed by atoms with Gasteiger partial charge in [0.05, 0.1) is 6.54 Å². The number of thiophene rings is 1. The van der Waals surface area contributed by atoms with Gasteiger partial charge < -0.3 is 15.1 Å². The summed E-state index contributed by atoms with van der Waals surface area (Å²) in [6.45, 7) is 7.44. The number of rotatable bonds is 5. The number of guanidine groups is 1. The first-order valence-corrected chi connectivity index (χ1v) is 10.3. The number of nitrogens with zero attached hydrogens (tertiary/aromatic N) is 3. The summed E-state index contributed by atoms with van der Waals surface area (Å²) < 4.78 is 0. The van der Waals surface area contributed by atoms with Crippen LogP contribution in [0.15, 0.2) is 22.5 Å². The number of carbonyl (C=O) groups excluding carboxylic acids is 1. The van der Waals surface area contributed by atoms with Crippen LogP contribution in [0.3, 0.4) is 0 Å². The lowest BCUT2D eigenvalue weighted by Crippen LogP contribution is -2.49. The second kappa shape index (κ2) is 9.32. The Kier molecular flexibility index (Phi) is 7.42. The van der Waals surface area contributed by atoms with Crippen LogP contribution in [0.2, 0.25) is 0 Å². The molecule has 24 heavy (non-hydrogen) atoms. The quantitative estimate of drug-likeness (QED) is 0.640. The summed E-state index contributed by atoms with van der Waals surface area (Å²) in [5.74, 6) is 2.62. The molecule has 1 N–H and O–H groups in total. The molecule has 1 atom stereocenters. The molecular formula is C17H28N4OS2. The summed E-state index contributed by atoms with van der Waals surface area (Å²) in [6, 6.07) is 4.17. The Morgan fingerprint density at radius 3 is 2.92 bits per heavy atom. The molecule has 1 amide bonds. The lowest BCUT2D eigenvalue weighted by Gasteiger charge is -2.36. The number of likely N-dealkylation sites (N-methyl/N-ethyl adjacent to an activating group) is 1.